The molecule has 0 N–H and O–H groups in total. The summed E-state index contributed by atoms with van der Waals surface area (Å²) in [6.45, 7) is -1.90. The second-order valence-corrected chi connectivity index (χ2v) is 1.90. The highest BCUT2D eigenvalue weighted by Gasteiger charge is 2.32. The number of alkyl halides is 3. The van der Waals surface area contributed by atoms with E-state index in [4.69, 9.17) is 0 Å². The van der Waals surface area contributed by atoms with E-state index in [0.717, 1.165) is 0 Å². The van der Waals surface area contributed by atoms with E-state index < -0.39 is 18.8 Å². The molecule has 1 aromatic heterocycles. The van der Waals surface area contributed by atoms with Crippen molar-refractivity contribution in [3.05, 3.63) is 18.5 Å². The van der Waals surface area contributed by atoms with Crippen LogP contribution in [0.4, 0.5) is 13.2 Å². The zero-order chi connectivity index (χ0) is 9.03. The SMILES string of the molecule is FCC(F)(F)Oc1ncccn1. The Bertz CT molecular complexity index is 242. The molecule has 3 nitrogen and oxygen atoms in total. The zero-order valence-electron chi connectivity index (χ0n) is 5.88. The van der Waals surface area contributed by atoms with Crippen molar-refractivity contribution in [2.45, 2.75) is 6.11 Å². The Balaban J connectivity index is 2.64. The van der Waals surface area contributed by atoms with Gasteiger partial charge < -0.3 is 4.74 Å². The monoisotopic (exact) mass is 178 g/mol. The standard InChI is InChI=1S/C6H5F3N2O/c7-4-6(8,9)12-5-10-2-1-3-11-5/h1-3H,4H2. The van der Waals surface area contributed by atoms with E-state index in [9.17, 15) is 13.2 Å². The molecule has 1 rings (SSSR count). The Morgan fingerprint density at radius 1 is 1.33 bits per heavy atom. The molecule has 0 amide bonds. The number of aromatic nitrogens is 2. The fourth-order valence-electron chi connectivity index (χ4n) is 0.499. The number of ether oxygens (including phenoxy) is 1. The van der Waals surface area contributed by atoms with Gasteiger partial charge in [-0.05, 0) is 6.07 Å². The second kappa shape index (κ2) is 3.38. The summed E-state index contributed by atoms with van der Waals surface area (Å²) >= 11 is 0. The summed E-state index contributed by atoms with van der Waals surface area (Å²) in [6.07, 6.45) is -1.41. The molecule has 0 spiro atoms. The summed E-state index contributed by atoms with van der Waals surface area (Å²) in [5, 5.41) is 0. The van der Waals surface area contributed by atoms with Crippen molar-refractivity contribution in [2.75, 3.05) is 6.67 Å². The summed E-state index contributed by atoms with van der Waals surface area (Å²) in [7, 11) is 0. The first-order valence-corrected chi connectivity index (χ1v) is 3.04. The van der Waals surface area contributed by atoms with Crippen LogP contribution in [0.5, 0.6) is 6.01 Å². The summed E-state index contributed by atoms with van der Waals surface area (Å²) in [5.74, 6) is 0. The van der Waals surface area contributed by atoms with Crippen LogP contribution in [0.1, 0.15) is 0 Å². The molecule has 0 radical (unpaired) electrons. The molecule has 0 aliphatic carbocycles. The Morgan fingerprint density at radius 2 is 1.92 bits per heavy atom. The van der Waals surface area contributed by atoms with Crippen LogP contribution in [-0.4, -0.2) is 22.8 Å². The van der Waals surface area contributed by atoms with E-state index in [1.165, 1.54) is 18.5 Å². The van der Waals surface area contributed by atoms with Gasteiger partial charge >= 0.3 is 12.1 Å². The molecular formula is C6H5F3N2O. The van der Waals surface area contributed by atoms with Crippen molar-refractivity contribution in [3.8, 4) is 6.01 Å². The van der Waals surface area contributed by atoms with Gasteiger partial charge in [0.1, 0.15) is 0 Å². The molecule has 66 valence electrons. The fraction of sp³-hybridized carbons (Fsp3) is 0.333. The van der Waals surface area contributed by atoms with E-state index in [1.54, 1.807) is 0 Å². The lowest BCUT2D eigenvalue weighted by atomic mass is 10.7. The van der Waals surface area contributed by atoms with Crippen LogP contribution in [0.15, 0.2) is 18.5 Å². The normalized spacial score (nSPS) is 11.2. The van der Waals surface area contributed by atoms with Crippen LogP contribution >= 0.6 is 0 Å². The predicted molar refractivity (Wildman–Crippen MR) is 33.6 cm³/mol. The number of hydrogen-bond donors (Lipinski definition) is 0. The van der Waals surface area contributed by atoms with Gasteiger partial charge in [0.2, 0.25) is 0 Å². The predicted octanol–water partition coefficient (Wildman–Crippen LogP) is 1.42. The van der Waals surface area contributed by atoms with E-state index in [1.807, 2.05) is 0 Å². The molecule has 0 saturated heterocycles. The minimum Gasteiger partial charge on any atom is -0.396 e. The van der Waals surface area contributed by atoms with E-state index >= 15 is 0 Å². The molecule has 0 aliphatic rings. The van der Waals surface area contributed by atoms with Gasteiger partial charge in [-0.2, -0.15) is 8.78 Å². The third-order valence-electron chi connectivity index (χ3n) is 0.938. The molecule has 12 heavy (non-hydrogen) atoms. The van der Waals surface area contributed by atoms with Crippen molar-refractivity contribution in [2.24, 2.45) is 0 Å². The molecule has 0 saturated carbocycles. The fourth-order valence-corrected chi connectivity index (χ4v) is 0.499. The van der Waals surface area contributed by atoms with Gasteiger partial charge in [-0.1, -0.05) is 0 Å². The van der Waals surface area contributed by atoms with Crippen LogP contribution in [0.3, 0.4) is 0 Å². The molecule has 1 aromatic rings. The van der Waals surface area contributed by atoms with Gasteiger partial charge in [-0.25, -0.2) is 14.4 Å². The van der Waals surface area contributed by atoms with E-state index in [2.05, 4.69) is 14.7 Å². The quantitative estimate of drug-likeness (QED) is 0.702. The molecule has 0 bridgehead atoms. The van der Waals surface area contributed by atoms with Crippen LogP contribution in [0.25, 0.3) is 0 Å². The molecular weight excluding hydrogens is 173 g/mol. The van der Waals surface area contributed by atoms with Gasteiger partial charge in [-0.3, -0.25) is 0 Å². The summed E-state index contributed by atoms with van der Waals surface area (Å²) < 4.78 is 39.7. The third-order valence-corrected chi connectivity index (χ3v) is 0.938. The molecule has 0 atom stereocenters. The maximum absolute atomic E-state index is 12.2. The van der Waals surface area contributed by atoms with Crippen molar-refractivity contribution in [3.63, 3.8) is 0 Å². The molecule has 0 fully saturated rings. The first-order valence-electron chi connectivity index (χ1n) is 3.04. The van der Waals surface area contributed by atoms with Crippen molar-refractivity contribution < 1.29 is 17.9 Å². The summed E-state index contributed by atoms with van der Waals surface area (Å²) in [5.41, 5.74) is 0. The minimum absolute atomic E-state index is 0.542. The minimum atomic E-state index is -3.85. The average molecular weight is 178 g/mol. The van der Waals surface area contributed by atoms with Crippen LogP contribution in [-0.2, 0) is 0 Å². The van der Waals surface area contributed by atoms with Gasteiger partial charge in [0, 0.05) is 12.4 Å². The van der Waals surface area contributed by atoms with Gasteiger partial charge in [0.15, 0.2) is 6.67 Å². The summed E-state index contributed by atoms with van der Waals surface area (Å²) in [6, 6.07) is 0.889. The molecule has 1 heterocycles. The molecule has 6 heteroatoms. The number of nitrogens with zero attached hydrogens (tertiary/aromatic N) is 2. The third kappa shape index (κ3) is 2.37. The highest BCUT2D eigenvalue weighted by atomic mass is 19.3. The van der Waals surface area contributed by atoms with Crippen molar-refractivity contribution >= 4 is 0 Å². The second-order valence-electron chi connectivity index (χ2n) is 1.90. The van der Waals surface area contributed by atoms with Crippen LogP contribution < -0.4 is 4.74 Å². The maximum atomic E-state index is 12.2. The number of hydrogen-bond acceptors (Lipinski definition) is 3. The number of rotatable bonds is 3. The summed E-state index contributed by atoms with van der Waals surface area (Å²) in [4.78, 5) is 6.66. The smallest absolute Gasteiger partial charge is 0.396 e. The Labute approximate surface area is 66.2 Å². The molecule has 0 aliphatic heterocycles. The lowest BCUT2D eigenvalue weighted by Crippen LogP contribution is -2.27. The van der Waals surface area contributed by atoms with Gasteiger partial charge in [0.25, 0.3) is 0 Å². The van der Waals surface area contributed by atoms with Gasteiger partial charge in [-0.15, -0.1) is 0 Å². The lowest BCUT2D eigenvalue weighted by molar-refractivity contribution is -0.190. The first-order chi connectivity index (χ1) is 5.64. The highest BCUT2D eigenvalue weighted by molar-refractivity contribution is 4.94. The maximum Gasteiger partial charge on any atom is 0.429 e. The molecule has 0 aromatic carbocycles. The van der Waals surface area contributed by atoms with Crippen molar-refractivity contribution in [1.29, 1.82) is 0 Å². The largest absolute Gasteiger partial charge is 0.429 e. The number of halogens is 3. The van der Waals surface area contributed by atoms with E-state index in [-0.39, 0.29) is 0 Å². The van der Waals surface area contributed by atoms with Crippen molar-refractivity contribution in [1.82, 2.24) is 9.97 Å². The zero-order valence-corrected chi connectivity index (χ0v) is 5.88. The van der Waals surface area contributed by atoms with Crippen LogP contribution in [0, 0.1) is 0 Å². The van der Waals surface area contributed by atoms with Gasteiger partial charge in [0.05, 0.1) is 0 Å². The highest BCUT2D eigenvalue weighted by Crippen LogP contribution is 2.17. The average Bonchev–Trinajstić information content (AvgIpc) is 2.06. The van der Waals surface area contributed by atoms with Crippen LogP contribution in [0.2, 0.25) is 0 Å². The Hall–Kier alpha value is -1.33. The van der Waals surface area contributed by atoms with E-state index in [0.29, 0.717) is 0 Å². The Kier molecular flexibility index (Phi) is 2.47. The lowest BCUT2D eigenvalue weighted by Gasteiger charge is -2.11. The molecule has 0 unspecified atom stereocenters. The Morgan fingerprint density at radius 3 is 2.42 bits per heavy atom. The first kappa shape index (κ1) is 8.76. The topological polar surface area (TPSA) is 35.0 Å².